The Hall–Kier alpha value is -2.12. The van der Waals surface area contributed by atoms with Crippen molar-refractivity contribution in [1.29, 1.82) is 0 Å². The molecular formula is C13H20N4O3. The lowest BCUT2D eigenvalue weighted by Gasteiger charge is -2.11. The summed E-state index contributed by atoms with van der Waals surface area (Å²) in [5, 5.41) is 0. The van der Waals surface area contributed by atoms with Crippen molar-refractivity contribution in [3.8, 4) is 5.75 Å². The summed E-state index contributed by atoms with van der Waals surface area (Å²) in [5.41, 5.74) is 4.48. The summed E-state index contributed by atoms with van der Waals surface area (Å²) >= 11 is 0. The van der Waals surface area contributed by atoms with Crippen molar-refractivity contribution in [2.75, 3.05) is 6.61 Å². The van der Waals surface area contributed by atoms with Crippen molar-refractivity contribution in [3.63, 3.8) is 0 Å². The highest BCUT2D eigenvalue weighted by Gasteiger charge is 2.12. The molecule has 2 amide bonds. The SMILES string of the molecule is CC(C)CCOc1cc(C(=O)NN)cc(C(=O)NN)c1. The van der Waals surface area contributed by atoms with Gasteiger partial charge in [0, 0.05) is 11.1 Å². The summed E-state index contributed by atoms with van der Waals surface area (Å²) in [6, 6.07) is 4.44. The number of nitrogens with two attached hydrogens (primary N) is 2. The molecule has 0 saturated heterocycles. The number of hydrogen-bond donors (Lipinski definition) is 4. The van der Waals surface area contributed by atoms with Crippen LogP contribution in [0.5, 0.6) is 5.75 Å². The van der Waals surface area contributed by atoms with E-state index < -0.39 is 11.8 Å². The van der Waals surface area contributed by atoms with Crippen LogP contribution in [0.25, 0.3) is 0 Å². The normalized spacial score (nSPS) is 10.2. The van der Waals surface area contributed by atoms with Gasteiger partial charge in [-0.15, -0.1) is 0 Å². The minimum Gasteiger partial charge on any atom is -0.494 e. The van der Waals surface area contributed by atoms with Crippen molar-refractivity contribution in [2.45, 2.75) is 20.3 Å². The number of nitrogen functional groups attached to an aromatic ring is 2. The first kappa shape index (κ1) is 15.9. The third-order valence-corrected chi connectivity index (χ3v) is 2.66. The Morgan fingerprint density at radius 3 is 2.00 bits per heavy atom. The molecule has 6 N–H and O–H groups in total. The summed E-state index contributed by atoms with van der Waals surface area (Å²) in [5.74, 6) is 10.1. The van der Waals surface area contributed by atoms with Gasteiger partial charge in [0.25, 0.3) is 11.8 Å². The first-order valence-corrected chi connectivity index (χ1v) is 6.27. The van der Waals surface area contributed by atoms with Crippen LogP contribution in [0.15, 0.2) is 18.2 Å². The van der Waals surface area contributed by atoms with Gasteiger partial charge in [0.15, 0.2) is 0 Å². The fraction of sp³-hybridized carbons (Fsp3) is 0.385. The third kappa shape index (κ3) is 4.52. The van der Waals surface area contributed by atoms with E-state index in [2.05, 4.69) is 13.8 Å². The molecule has 110 valence electrons. The predicted octanol–water partition coefficient (Wildman–Crippen LogP) is 0.319. The van der Waals surface area contributed by atoms with Crippen molar-refractivity contribution < 1.29 is 14.3 Å². The van der Waals surface area contributed by atoms with Crippen LogP contribution in [-0.4, -0.2) is 18.4 Å². The van der Waals surface area contributed by atoms with Gasteiger partial charge < -0.3 is 4.74 Å². The van der Waals surface area contributed by atoms with Crippen LogP contribution in [0.1, 0.15) is 41.0 Å². The van der Waals surface area contributed by atoms with Gasteiger partial charge in [-0.25, -0.2) is 11.7 Å². The van der Waals surface area contributed by atoms with E-state index >= 15 is 0 Å². The summed E-state index contributed by atoms with van der Waals surface area (Å²) in [7, 11) is 0. The molecule has 7 nitrogen and oxygen atoms in total. The van der Waals surface area contributed by atoms with Crippen LogP contribution >= 0.6 is 0 Å². The maximum Gasteiger partial charge on any atom is 0.265 e. The average molecular weight is 280 g/mol. The number of nitrogens with one attached hydrogen (secondary N) is 2. The third-order valence-electron chi connectivity index (χ3n) is 2.66. The number of benzene rings is 1. The standard InChI is InChI=1S/C13H20N4O3/c1-8(2)3-4-20-11-6-9(12(18)16-14)5-10(7-11)13(19)17-15/h5-8H,3-4,14-15H2,1-2H3,(H,16,18)(H,17,19). The van der Waals surface area contributed by atoms with E-state index in [1.165, 1.54) is 18.2 Å². The second-order valence-electron chi connectivity index (χ2n) is 4.72. The van der Waals surface area contributed by atoms with Crippen LogP contribution in [0.3, 0.4) is 0 Å². The van der Waals surface area contributed by atoms with Gasteiger partial charge in [0.1, 0.15) is 5.75 Å². The average Bonchev–Trinajstić information content (AvgIpc) is 2.44. The molecule has 0 fully saturated rings. The highest BCUT2D eigenvalue weighted by molar-refractivity contribution is 5.99. The van der Waals surface area contributed by atoms with Crippen LogP contribution in [-0.2, 0) is 0 Å². The molecule has 0 saturated carbocycles. The number of rotatable bonds is 6. The van der Waals surface area contributed by atoms with Gasteiger partial charge in [-0.3, -0.25) is 20.4 Å². The number of amides is 2. The lowest BCUT2D eigenvalue weighted by molar-refractivity contribution is 0.0953. The van der Waals surface area contributed by atoms with Gasteiger partial charge >= 0.3 is 0 Å². The topological polar surface area (TPSA) is 119 Å². The lowest BCUT2D eigenvalue weighted by atomic mass is 10.1. The van der Waals surface area contributed by atoms with Gasteiger partial charge in [-0.05, 0) is 30.5 Å². The van der Waals surface area contributed by atoms with Gasteiger partial charge in [0.05, 0.1) is 6.61 Å². The zero-order chi connectivity index (χ0) is 15.1. The van der Waals surface area contributed by atoms with Crippen LogP contribution < -0.4 is 27.3 Å². The lowest BCUT2D eigenvalue weighted by Crippen LogP contribution is -2.32. The van der Waals surface area contributed by atoms with E-state index in [0.717, 1.165) is 6.42 Å². The molecule has 0 spiro atoms. The number of hydrogen-bond acceptors (Lipinski definition) is 5. The van der Waals surface area contributed by atoms with Crippen LogP contribution in [0.4, 0.5) is 0 Å². The molecule has 0 aliphatic rings. The summed E-state index contributed by atoms with van der Waals surface area (Å²) < 4.78 is 5.55. The molecule has 1 rings (SSSR count). The first-order valence-electron chi connectivity index (χ1n) is 6.27. The molecule has 0 aliphatic heterocycles. The summed E-state index contributed by atoms with van der Waals surface area (Å²) in [6.45, 7) is 4.65. The molecule has 0 aliphatic carbocycles. The Morgan fingerprint density at radius 1 is 1.10 bits per heavy atom. The molecule has 1 aromatic carbocycles. The minimum absolute atomic E-state index is 0.230. The second-order valence-corrected chi connectivity index (χ2v) is 4.72. The molecule has 0 unspecified atom stereocenters. The monoisotopic (exact) mass is 280 g/mol. The quantitative estimate of drug-likeness (QED) is 0.340. The molecule has 1 aromatic rings. The fourth-order valence-electron chi connectivity index (χ4n) is 1.52. The summed E-state index contributed by atoms with van der Waals surface area (Å²) in [4.78, 5) is 23.1. The molecule has 0 aromatic heterocycles. The highest BCUT2D eigenvalue weighted by atomic mass is 16.5. The molecule has 0 atom stereocenters. The zero-order valence-corrected chi connectivity index (χ0v) is 11.6. The van der Waals surface area contributed by atoms with E-state index in [-0.39, 0.29) is 11.1 Å². The number of ether oxygens (including phenoxy) is 1. The number of carbonyl (C=O) groups is 2. The number of hydrazine groups is 2. The van der Waals surface area contributed by atoms with E-state index in [9.17, 15) is 9.59 Å². The summed E-state index contributed by atoms with van der Waals surface area (Å²) in [6.07, 6.45) is 0.867. The Morgan fingerprint density at radius 2 is 1.60 bits per heavy atom. The number of carbonyl (C=O) groups excluding carboxylic acids is 2. The second kappa shape index (κ2) is 7.46. The Labute approximate surface area is 117 Å². The van der Waals surface area contributed by atoms with Crippen molar-refractivity contribution in [2.24, 2.45) is 17.6 Å². The largest absolute Gasteiger partial charge is 0.494 e. The van der Waals surface area contributed by atoms with E-state index in [0.29, 0.717) is 18.3 Å². The molecule has 0 radical (unpaired) electrons. The van der Waals surface area contributed by atoms with Gasteiger partial charge in [-0.1, -0.05) is 13.8 Å². The minimum atomic E-state index is -0.509. The molecular weight excluding hydrogens is 260 g/mol. The van der Waals surface area contributed by atoms with Crippen molar-refractivity contribution in [3.05, 3.63) is 29.3 Å². The van der Waals surface area contributed by atoms with E-state index in [1.54, 1.807) is 0 Å². The first-order chi connectivity index (χ1) is 9.47. The van der Waals surface area contributed by atoms with Gasteiger partial charge in [-0.2, -0.15) is 0 Å². The zero-order valence-electron chi connectivity index (χ0n) is 11.6. The maximum atomic E-state index is 11.6. The smallest absolute Gasteiger partial charge is 0.265 e. The van der Waals surface area contributed by atoms with E-state index in [4.69, 9.17) is 16.4 Å². The van der Waals surface area contributed by atoms with Crippen molar-refractivity contribution in [1.82, 2.24) is 10.9 Å². The van der Waals surface area contributed by atoms with Crippen LogP contribution in [0, 0.1) is 5.92 Å². The molecule has 7 heteroatoms. The highest BCUT2D eigenvalue weighted by Crippen LogP contribution is 2.18. The predicted molar refractivity (Wildman–Crippen MR) is 74.7 cm³/mol. The van der Waals surface area contributed by atoms with Crippen molar-refractivity contribution >= 4 is 11.8 Å². The molecule has 0 bridgehead atoms. The van der Waals surface area contributed by atoms with Gasteiger partial charge in [0.2, 0.25) is 0 Å². The Bertz CT molecular complexity index is 454. The Balaban J connectivity index is 2.97. The Kier molecular flexibility index (Phi) is 5.95. The van der Waals surface area contributed by atoms with Crippen LogP contribution in [0.2, 0.25) is 0 Å². The molecule has 20 heavy (non-hydrogen) atoms. The maximum absolute atomic E-state index is 11.6. The fourth-order valence-corrected chi connectivity index (χ4v) is 1.52. The van der Waals surface area contributed by atoms with E-state index in [1.807, 2.05) is 10.9 Å². The molecule has 0 heterocycles.